The summed E-state index contributed by atoms with van der Waals surface area (Å²) in [5, 5.41) is 3.46. The highest BCUT2D eigenvalue weighted by Crippen LogP contribution is 2.15. The Morgan fingerprint density at radius 1 is 1.22 bits per heavy atom. The molecule has 0 aliphatic heterocycles. The van der Waals surface area contributed by atoms with Gasteiger partial charge in [-0.25, -0.2) is 0 Å². The Balaban J connectivity index is 2.60. The van der Waals surface area contributed by atoms with E-state index in [-0.39, 0.29) is 0 Å². The molecule has 102 valence electrons. The van der Waals surface area contributed by atoms with Crippen molar-refractivity contribution in [2.75, 3.05) is 20.1 Å². The van der Waals surface area contributed by atoms with Gasteiger partial charge in [-0.15, -0.1) is 0 Å². The first-order valence-electron chi connectivity index (χ1n) is 6.70. The summed E-state index contributed by atoms with van der Waals surface area (Å²) in [5.74, 6) is 0.657. The lowest BCUT2D eigenvalue weighted by Crippen LogP contribution is -2.43. The van der Waals surface area contributed by atoms with Crippen LogP contribution in [0.2, 0.25) is 0 Å². The van der Waals surface area contributed by atoms with Gasteiger partial charge in [-0.3, -0.25) is 4.90 Å². The minimum atomic E-state index is 0.577. The molecule has 0 spiro atoms. The number of nitrogens with one attached hydrogen (secondary N) is 1. The number of hydrogen-bond donors (Lipinski definition) is 1. The Labute approximate surface area is 120 Å². The monoisotopic (exact) mass is 312 g/mol. The van der Waals surface area contributed by atoms with E-state index in [0.717, 1.165) is 24.1 Å². The van der Waals surface area contributed by atoms with Crippen molar-refractivity contribution in [3.05, 3.63) is 34.3 Å². The van der Waals surface area contributed by atoms with Crippen LogP contribution in [0.5, 0.6) is 0 Å². The molecular formula is C15H25BrN2. The summed E-state index contributed by atoms with van der Waals surface area (Å²) in [5.41, 5.74) is 1.36. The van der Waals surface area contributed by atoms with Crippen LogP contribution < -0.4 is 5.32 Å². The molecule has 18 heavy (non-hydrogen) atoms. The van der Waals surface area contributed by atoms with Crippen LogP contribution in [0, 0.1) is 5.92 Å². The van der Waals surface area contributed by atoms with Gasteiger partial charge in [-0.1, -0.05) is 48.8 Å². The van der Waals surface area contributed by atoms with Crippen LogP contribution in [0.4, 0.5) is 0 Å². The van der Waals surface area contributed by atoms with Crippen molar-refractivity contribution < 1.29 is 0 Å². The molecule has 1 aromatic carbocycles. The van der Waals surface area contributed by atoms with E-state index >= 15 is 0 Å². The number of benzene rings is 1. The van der Waals surface area contributed by atoms with E-state index in [9.17, 15) is 0 Å². The van der Waals surface area contributed by atoms with Crippen LogP contribution in [0.1, 0.15) is 26.3 Å². The molecule has 0 saturated heterocycles. The van der Waals surface area contributed by atoms with Crippen molar-refractivity contribution in [3.63, 3.8) is 0 Å². The van der Waals surface area contributed by atoms with E-state index < -0.39 is 0 Å². The van der Waals surface area contributed by atoms with Crippen LogP contribution >= 0.6 is 15.9 Å². The van der Waals surface area contributed by atoms with Crippen molar-refractivity contribution in [1.82, 2.24) is 10.2 Å². The molecule has 1 atom stereocenters. The Morgan fingerprint density at radius 2 is 1.83 bits per heavy atom. The van der Waals surface area contributed by atoms with Gasteiger partial charge in [0.15, 0.2) is 0 Å². The molecule has 0 aromatic heterocycles. The smallest absolute Gasteiger partial charge is 0.0244 e. The van der Waals surface area contributed by atoms with Crippen LogP contribution in [0.15, 0.2) is 28.7 Å². The van der Waals surface area contributed by atoms with E-state index in [1.807, 2.05) is 0 Å². The van der Waals surface area contributed by atoms with Crippen LogP contribution in [-0.4, -0.2) is 31.1 Å². The zero-order chi connectivity index (χ0) is 13.5. The Bertz CT molecular complexity index is 335. The van der Waals surface area contributed by atoms with Crippen molar-refractivity contribution in [2.45, 2.75) is 33.4 Å². The summed E-state index contributed by atoms with van der Waals surface area (Å²) >= 11 is 3.47. The number of halogens is 1. The SMILES string of the molecule is CCNCC(C(C)C)N(C)Cc1ccc(Br)cc1. The fraction of sp³-hybridized carbons (Fsp3) is 0.600. The van der Waals surface area contributed by atoms with Gasteiger partial charge in [-0.2, -0.15) is 0 Å². The third kappa shape index (κ3) is 5.09. The third-order valence-electron chi connectivity index (χ3n) is 3.28. The zero-order valence-corrected chi connectivity index (χ0v) is 13.5. The van der Waals surface area contributed by atoms with Gasteiger partial charge in [0, 0.05) is 23.6 Å². The van der Waals surface area contributed by atoms with Gasteiger partial charge in [0.05, 0.1) is 0 Å². The summed E-state index contributed by atoms with van der Waals surface area (Å²) in [4.78, 5) is 2.44. The molecule has 0 amide bonds. The normalized spacial score (nSPS) is 13.3. The number of hydrogen-bond acceptors (Lipinski definition) is 2. The van der Waals surface area contributed by atoms with Crippen molar-refractivity contribution in [2.24, 2.45) is 5.92 Å². The highest BCUT2D eigenvalue weighted by molar-refractivity contribution is 9.10. The fourth-order valence-corrected chi connectivity index (χ4v) is 2.45. The Morgan fingerprint density at radius 3 is 2.33 bits per heavy atom. The highest BCUT2D eigenvalue weighted by atomic mass is 79.9. The zero-order valence-electron chi connectivity index (χ0n) is 11.9. The van der Waals surface area contributed by atoms with Crippen molar-refractivity contribution in [1.29, 1.82) is 0 Å². The van der Waals surface area contributed by atoms with Crippen molar-refractivity contribution >= 4 is 15.9 Å². The molecule has 0 fully saturated rings. The Kier molecular flexibility index (Phi) is 6.90. The summed E-state index contributed by atoms with van der Waals surface area (Å²) in [6.07, 6.45) is 0. The molecule has 0 bridgehead atoms. The van der Waals surface area contributed by atoms with E-state index in [4.69, 9.17) is 0 Å². The maximum atomic E-state index is 3.47. The molecular weight excluding hydrogens is 288 g/mol. The molecule has 3 heteroatoms. The molecule has 0 saturated carbocycles. The first kappa shape index (κ1) is 15.7. The molecule has 0 aliphatic rings. The summed E-state index contributed by atoms with van der Waals surface area (Å²) in [6, 6.07) is 9.17. The average molecular weight is 313 g/mol. The molecule has 0 radical (unpaired) electrons. The number of likely N-dealkylation sites (N-methyl/N-ethyl adjacent to an activating group) is 2. The number of nitrogens with zero attached hydrogens (tertiary/aromatic N) is 1. The second-order valence-corrected chi connectivity index (χ2v) is 6.08. The van der Waals surface area contributed by atoms with Gasteiger partial charge < -0.3 is 5.32 Å². The highest BCUT2D eigenvalue weighted by Gasteiger charge is 2.18. The standard InChI is InChI=1S/C15H25BrN2/c1-5-17-10-15(12(2)3)18(4)11-13-6-8-14(16)9-7-13/h6-9,12,15,17H,5,10-11H2,1-4H3. The van der Waals surface area contributed by atoms with E-state index in [1.165, 1.54) is 5.56 Å². The molecule has 2 nitrogen and oxygen atoms in total. The summed E-state index contributed by atoms with van der Waals surface area (Å²) < 4.78 is 1.14. The van der Waals surface area contributed by atoms with Gasteiger partial charge in [0.2, 0.25) is 0 Å². The maximum absolute atomic E-state index is 3.47. The van der Waals surface area contributed by atoms with Crippen molar-refractivity contribution in [3.8, 4) is 0 Å². The predicted octanol–water partition coefficient (Wildman–Crippen LogP) is 3.52. The predicted molar refractivity (Wildman–Crippen MR) is 82.8 cm³/mol. The lowest BCUT2D eigenvalue weighted by atomic mass is 10.0. The molecule has 1 unspecified atom stereocenters. The van der Waals surface area contributed by atoms with Gasteiger partial charge in [0.1, 0.15) is 0 Å². The first-order chi connectivity index (χ1) is 8.54. The first-order valence-corrected chi connectivity index (χ1v) is 7.49. The van der Waals surface area contributed by atoms with Gasteiger partial charge in [0.25, 0.3) is 0 Å². The minimum absolute atomic E-state index is 0.577. The molecule has 1 aromatic rings. The van der Waals surface area contributed by atoms with E-state index in [0.29, 0.717) is 12.0 Å². The van der Waals surface area contributed by atoms with E-state index in [1.54, 1.807) is 0 Å². The third-order valence-corrected chi connectivity index (χ3v) is 3.81. The second kappa shape index (κ2) is 7.93. The average Bonchev–Trinajstić information content (AvgIpc) is 2.32. The topological polar surface area (TPSA) is 15.3 Å². The fourth-order valence-electron chi connectivity index (χ4n) is 2.19. The minimum Gasteiger partial charge on any atom is -0.315 e. The maximum Gasteiger partial charge on any atom is 0.0244 e. The van der Waals surface area contributed by atoms with Crippen LogP contribution in [0.25, 0.3) is 0 Å². The Hall–Kier alpha value is -0.380. The second-order valence-electron chi connectivity index (χ2n) is 5.16. The van der Waals surface area contributed by atoms with Crippen LogP contribution in [0.3, 0.4) is 0 Å². The summed E-state index contributed by atoms with van der Waals surface area (Å²) in [6.45, 7) is 9.84. The van der Waals surface area contributed by atoms with E-state index in [2.05, 4.69) is 78.2 Å². The van der Waals surface area contributed by atoms with Gasteiger partial charge in [-0.05, 0) is 37.2 Å². The molecule has 0 heterocycles. The van der Waals surface area contributed by atoms with Gasteiger partial charge >= 0.3 is 0 Å². The largest absolute Gasteiger partial charge is 0.315 e. The molecule has 0 aliphatic carbocycles. The lowest BCUT2D eigenvalue weighted by molar-refractivity contribution is 0.180. The quantitative estimate of drug-likeness (QED) is 0.828. The number of rotatable bonds is 7. The molecule has 1 rings (SSSR count). The summed E-state index contributed by atoms with van der Waals surface area (Å²) in [7, 11) is 2.21. The molecule has 1 N–H and O–H groups in total. The van der Waals surface area contributed by atoms with Crippen LogP contribution in [-0.2, 0) is 6.54 Å². The lowest BCUT2D eigenvalue weighted by Gasteiger charge is -2.31.